The molecule has 10 heteroatoms. The van der Waals surface area contributed by atoms with Crippen LogP contribution in [0.1, 0.15) is 52.0 Å². The minimum Gasteiger partial charge on any atom is -0.495 e. The Morgan fingerprint density at radius 1 is 0.971 bits per heavy atom. The number of aromatic carboxylic acids is 2. The van der Waals surface area contributed by atoms with Crippen molar-refractivity contribution in [2.75, 3.05) is 12.4 Å². The molecule has 0 spiro atoms. The summed E-state index contributed by atoms with van der Waals surface area (Å²) in [6.45, 7) is 1.93. The van der Waals surface area contributed by atoms with Crippen LogP contribution in [0.2, 0.25) is 0 Å². The first-order valence-electron chi connectivity index (χ1n) is 10.5. The molecule has 0 heterocycles. The number of aryl methyl sites for hydroxylation is 1. The van der Waals surface area contributed by atoms with Gasteiger partial charge in [-0.3, -0.25) is 9.59 Å². The molecule has 0 aromatic heterocycles. The molecular formula is C24H26FNO8. The molecule has 1 aliphatic carbocycles. The minimum absolute atomic E-state index is 0.231. The molecule has 2 aromatic carbocycles. The van der Waals surface area contributed by atoms with Crippen LogP contribution in [0, 0.1) is 24.6 Å². The van der Waals surface area contributed by atoms with E-state index in [0.717, 1.165) is 36.6 Å². The van der Waals surface area contributed by atoms with Gasteiger partial charge in [0.05, 0.1) is 30.2 Å². The maximum Gasteiger partial charge on any atom is 0.339 e. The summed E-state index contributed by atoms with van der Waals surface area (Å²) >= 11 is 0. The summed E-state index contributed by atoms with van der Waals surface area (Å²) in [5.74, 6) is -5.69. The second-order valence-electron chi connectivity index (χ2n) is 7.80. The van der Waals surface area contributed by atoms with E-state index in [4.69, 9.17) is 14.9 Å². The van der Waals surface area contributed by atoms with Gasteiger partial charge >= 0.3 is 17.9 Å². The molecule has 34 heavy (non-hydrogen) atoms. The predicted molar refractivity (Wildman–Crippen MR) is 120 cm³/mol. The topological polar surface area (TPSA) is 150 Å². The standard InChI is InChI=1S/C16H21NO4.C8H5FO4/c1-10-7-8-14(21-2)13(9-10)17-15(18)11-5-3-4-6-12(11)16(19)20;9-5-3-1-2-4(7(10)11)6(5)8(12)13/h7-9,11-12H,3-6H2,1-2H3,(H,17,18)(H,19,20);1-3H,(H,10,11)(H,12,13)/t11-,12+;/m1./s1. The van der Waals surface area contributed by atoms with Gasteiger partial charge < -0.3 is 25.4 Å². The van der Waals surface area contributed by atoms with Gasteiger partial charge in [-0.1, -0.05) is 25.0 Å². The van der Waals surface area contributed by atoms with Gasteiger partial charge in [0.25, 0.3) is 0 Å². The molecule has 1 aliphatic rings. The van der Waals surface area contributed by atoms with Crippen molar-refractivity contribution in [3.63, 3.8) is 0 Å². The van der Waals surface area contributed by atoms with E-state index in [1.54, 1.807) is 13.2 Å². The number of benzene rings is 2. The Bertz CT molecular complexity index is 1080. The van der Waals surface area contributed by atoms with Crippen molar-refractivity contribution in [2.45, 2.75) is 32.6 Å². The number of hydrogen-bond donors (Lipinski definition) is 4. The number of amides is 1. The summed E-state index contributed by atoms with van der Waals surface area (Å²) in [5, 5.41) is 29.1. The second kappa shape index (κ2) is 11.8. The fraction of sp³-hybridized carbons (Fsp3) is 0.333. The number of hydrogen-bond acceptors (Lipinski definition) is 5. The van der Waals surface area contributed by atoms with Crippen LogP contribution < -0.4 is 10.1 Å². The van der Waals surface area contributed by atoms with E-state index in [2.05, 4.69) is 5.32 Å². The summed E-state index contributed by atoms with van der Waals surface area (Å²) < 4.78 is 18.0. The summed E-state index contributed by atoms with van der Waals surface area (Å²) in [6.07, 6.45) is 2.95. The third kappa shape index (κ3) is 6.53. The van der Waals surface area contributed by atoms with E-state index >= 15 is 0 Å². The zero-order chi connectivity index (χ0) is 25.4. The van der Waals surface area contributed by atoms with E-state index in [1.165, 1.54) is 0 Å². The molecule has 9 nitrogen and oxygen atoms in total. The lowest BCUT2D eigenvalue weighted by atomic mass is 9.78. The molecule has 1 saturated carbocycles. The first-order chi connectivity index (χ1) is 16.1. The largest absolute Gasteiger partial charge is 0.495 e. The molecule has 1 amide bonds. The van der Waals surface area contributed by atoms with Crippen molar-refractivity contribution in [3.05, 3.63) is 58.9 Å². The summed E-state index contributed by atoms with van der Waals surface area (Å²) in [6, 6.07) is 8.60. The van der Waals surface area contributed by atoms with Crippen molar-refractivity contribution >= 4 is 29.5 Å². The first kappa shape index (κ1) is 26.3. The lowest BCUT2D eigenvalue weighted by Gasteiger charge is -2.27. The quantitative estimate of drug-likeness (QED) is 0.489. The maximum absolute atomic E-state index is 12.8. The number of halogens is 1. The Morgan fingerprint density at radius 2 is 1.62 bits per heavy atom. The Morgan fingerprint density at radius 3 is 2.15 bits per heavy atom. The monoisotopic (exact) mass is 475 g/mol. The van der Waals surface area contributed by atoms with E-state index in [9.17, 15) is 28.7 Å². The number of aliphatic carboxylic acids is 1. The number of methoxy groups -OCH3 is 1. The van der Waals surface area contributed by atoms with Gasteiger partial charge in [-0.25, -0.2) is 14.0 Å². The lowest BCUT2D eigenvalue weighted by molar-refractivity contribution is -0.147. The van der Waals surface area contributed by atoms with Crippen molar-refractivity contribution < 1.29 is 43.6 Å². The highest BCUT2D eigenvalue weighted by Crippen LogP contribution is 2.33. The molecule has 0 aliphatic heterocycles. The Labute approximate surface area is 195 Å². The molecular weight excluding hydrogens is 449 g/mol. The third-order valence-corrected chi connectivity index (χ3v) is 5.49. The fourth-order valence-electron chi connectivity index (χ4n) is 3.80. The van der Waals surface area contributed by atoms with E-state index in [-0.39, 0.29) is 5.91 Å². The van der Waals surface area contributed by atoms with E-state index in [0.29, 0.717) is 24.3 Å². The van der Waals surface area contributed by atoms with Crippen molar-refractivity contribution in [3.8, 4) is 5.75 Å². The van der Waals surface area contributed by atoms with Gasteiger partial charge in [-0.2, -0.15) is 0 Å². The van der Waals surface area contributed by atoms with Crippen LogP contribution in [0.15, 0.2) is 36.4 Å². The van der Waals surface area contributed by atoms with Gasteiger partial charge in [0.2, 0.25) is 5.91 Å². The van der Waals surface area contributed by atoms with Gasteiger partial charge in [0.15, 0.2) is 0 Å². The highest BCUT2D eigenvalue weighted by atomic mass is 19.1. The average molecular weight is 475 g/mol. The van der Waals surface area contributed by atoms with E-state index in [1.807, 2.05) is 19.1 Å². The zero-order valence-electron chi connectivity index (χ0n) is 18.7. The highest BCUT2D eigenvalue weighted by Gasteiger charge is 2.35. The number of carbonyl (C=O) groups is 4. The van der Waals surface area contributed by atoms with Crippen LogP contribution in [-0.4, -0.2) is 46.2 Å². The lowest BCUT2D eigenvalue weighted by Crippen LogP contribution is -2.36. The van der Waals surface area contributed by atoms with Crippen LogP contribution >= 0.6 is 0 Å². The SMILES string of the molecule is COc1ccc(C)cc1NC(=O)[C@@H]1CCCC[C@@H]1C(=O)O.O=C(O)c1cccc(F)c1C(=O)O. The minimum atomic E-state index is -1.59. The Kier molecular flexibility index (Phi) is 9.11. The van der Waals surface area contributed by atoms with Crippen LogP contribution in [0.5, 0.6) is 5.75 Å². The fourth-order valence-corrected chi connectivity index (χ4v) is 3.80. The number of rotatable bonds is 6. The summed E-state index contributed by atoms with van der Waals surface area (Å²) in [4.78, 5) is 44.6. The van der Waals surface area contributed by atoms with Gasteiger partial charge in [-0.05, 0) is 49.6 Å². The van der Waals surface area contributed by atoms with Crippen LogP contribution in [0.3, 0.4) is 0 Å². The average Bonchev–Trinajstić information content (AvgIpc) is 2.79. The first-order valence-corrected chi connectivity index (χ1v) is 10.5. The molecule has 1 fully saturated rings. The molecule has 0 unspecified atom stereocenters. The smallest absolute Gasteiger partial charge is 0.339 e. The van der Waals surface area contributed by atoms with Gasteiger partial charge in [0.1, 0.15) is 17.1 Å². The van der Waals surface area contributed by atoms with Gasteiger partial charge in [-0.15, -0.1) is 0 Å². The van der Waals surface area contributed by atoms with Crippen molar-refractivity contribution in [1.82, 2.24) is 0 Å². The number of nitrogens with one attached hydrogen (secondary N) is 1. The van der Waals surface area contributed by atoms with Crippen molar-refractivity contribution in [1.29, 1.82) is 0 Å². The van der Waals surface area contributed by atoms with Crippen LogP contribution in [0.4, 0.5) is 10.1 Å². The number of carboxylic acids is 3. The summed E-state index contributed by atoms with van der Waals surface area (Å²) in [5.41, 5.74) is 0.240. The normalized spacial score (nSPS) is 17.0. The van der Waals surface area contributed by atoms with E-state index < -0.39 is 46.7 Å². The number of carbonyl (C=O) groups excluding carboxylic acids is 1. The summed E-state index contributed by atoms with van der Waals surface area (Å²) in [7, 11) is 1.54. The van der Waals surface area contributed by atoms with Crippen LogP contribution in [0.25, 0.3) is 0 Å². The molecule has 0 radical (unpaired) electrons. The van der Waals surface area contributed by atoms with Crippen LogP contribution in [-0.2, 0) is 9.59 Å². The molecule has 2 aromatic rings. The zero-order valence-corrected chi connectivity index (χ0v) is 18.7. The number of carboxylic acid groups (broad SMARTS) is 3. The Hall–Kier alpha value is -3.95. The number of anilines is 1. The molecule has 0 bridgehead atoms. The highest BCUT2D eigenvalue weighted by molar-refractivity contribution is 6.01. The molecule has 3 rings (SSSR count). The predicted octanol–water partition coefficient (Wildman–Crippen LogP) is 4.06. The third-order valence-electron chi connectivity index (χ3n) is 5.49. The molecule has 0 saturated heterocycles. The maximum atomic E-state index is 12.8. The van der Waals surface area contributed by atoms with Gasteiger partial charge in [0, 0.05) is 0 Å². The number of ether oxygens (including phenoxy) is 1. The second-order valence-corrected chi connectivity index (χ2v) is 7.80. The molecule has 2 atom stereocenters. The molecule has 4 N–H and O–H groups in total. The Balaban J connectivity index is 0.000000270. The molecule has 182 valence electrons. The van der Waals surface area contributed by atoms with Crippen molar-refractivity contribution in [2.24, 2.45) is 11.8 Å².